The van der Waals surface area contributed by atoms with Crippen LogP contribution in [-0.4, -0.2) is 9.38 Å². The summed E-state index contributed by atoms with van der Waals surface area (Å²) in [4.78, 5) is 4.59. The van der Waals surface area contributed by atoms with E-state index in [2.05, 4.69) is 33.6 Å². The van der Waals surface area contributed by atoms with E-state index >= 15 is 0 Å². The summed E-state index contributed by atoms with van der Waals surface area (Å²) >= 11 is 2.28. The van der Waals surface area contributed by atoms with Crippen molar-refractivity contribution in [2.45, 2.75) is 6.92 Å². The first-order valence-electron chi connectivity index (χ1n) is 5.54. The number of hydrogen-bond acceptors (Lipinski definition) is 1. The first-order chi connectivity index (χ1) is 8.63. The van der Waals surface area contributed by atoms with Crippen molar-refractivity contribution in [2.75, 3.05) is 0 Å². The first kappa shape index (κ1) is 11.6. The highest BCUT2D eigenvalue weighted by Gasteiger charge is 2.07. The number of rotatable bonds is 1. The van der Waals surface area contributed by atoms with Crippen LogP contribution < -0.4 is 0 Å². The lowest BCUT2D eigenvalue weighted by molar-refractivity contribution is 0.628. The van der Waals surface area contributed by atoms with Crippen molar-refractivity contribution >= 4 is 28.2 Å². The standard InChI is InChI=1S/C14H10FIN2/c1-9-6-12(16)7-18-8-13(17-14(9)18)10-2-4-11(15)5-3-10/h2-8H,1H3. The minimum absolute atomic E-state index is 0.228. The second-order valence-electron chi connectivity index (χ2n) is 4.21. The lowest BCUT2D eigenvalue weighted by Crippen LogP contribution is -1.87. The summed E-state index contributed by atoms with van der Waals surface area (Å²) in [6, 6.07) is 8.50. The monoisotopic (exact) mass is 352 g/mol. The fourth-order valence-corrected chi connectivity index (χ4v) is 2.75. The second-order valence-corrected chi connectivity index (χ2v) is 5.45. The molecule has 0 aliphatic carbocycles. The van der Waals surface area contributed by atoms with Crippen LogP contribution in [0.5, 0.6) is 0 Å². The summed E-state index contributed by atoms with van der Waals surface area (Å²) in [5.74, 6) is -0.228. The maximum atomic E-state index is 12.9. The Morgan fingerprint density at radius 2 is 1.89 bits per heavy atom. The van der Waals surface area contributed by atoms with Crippen molar-refractivity contribution in [2.24, 2.45) is 0 Å². The second kappa shape index (κ2) is 4.35. The van der Waals surface area contributed by atoms with Gasteiger partial charge in [0.15, 0.2) is 0 Å². The van der Waals surface area contributed by atoms with Gasteiger partial charge in [0.05, 0.1) is 5.69 Å². The summed E-state index contributed by atoms with van der Waals surface area (Å²) in [6.45, 7) is 2.04. The lowest BCUT2D eigenvalue weighted by atomic mass is 10.2. The minimum atomic E-state index is -0.228. The highest BCUT2D eigenvalue weighted by Crippen LogP contribution is 2.22. The number of aromatic nitrogens is 2. The molecule has 0 unspecified atom stereocenters. The van der Waals surface area contributed by atoms with E-state index in [1.54, 1.807) is 12.1 Å². The molecule has 4 heteroatoms. The van der Waals surface area contributed by atoms with Crippen LogP contribution in [0.3, 0.4) is 0 Å². The minimum Gasteiger partial charge on any atom is -0.305 e. The molecule has 0 radical (unpaired) electrons. The Morgan fingerprint density at radius 3 is 2.61 bits per heavy atom. The Labute approximate surface area is 118 Å². The van der Waals surface area contributed by atoms with E-state index in [0.717, 1.165) is 22.5 Å². The predicted octanol–water partition coefficient (Wildman–Crippen LogP) is 4.05. The van der Waals surface area contributed by atoms with Crippen molar-refractivity contribution in [1.29, 1.82) is 0 Å². The molecule has 18 heavy (non-hydrogen) atoms. The van der Waals surface area contributed by atoms with E-state index in [1.807, 2.05) is 23.7 Å². The van der Waals surface area contributed by atoms with E-state index in [9.17, 15) is 4.39 Å². The van der Waals surface area contributed by atoms with Crippen LogP contribution in [0.2, 0.25) is 0 Å². The van der Waals surface area contributed by atoms with E-state index < -0.39 is 0 Å². The average Bonchev–Trinajstić information content (AvgIpc) is 2.74. The number of aryl methyl sites for hydroxylation is 1. The van der Waals surface area contributed by atoms with Gasteiger partial charge in [0.25, 0.3) is 0 Å². The van der Waals surface area contributed by atoms with Gasteiger partial charge in [0.1, 0.15) is 11.5 Å². The first-order valence-corrected chi connectivity index (χ1v) is 6.62. The summed E-state index contributed by atoms with van der Waals surface area (Å²) < 4.78 is 16.1. The molecule has 0 N–H and O–H groups in total. The molecule has 2 heterocycles. The van der Waals surface area contributed by atoms with E-state index in [-0.39, 0.29) is 5.82 Å². The van der Waals surface area contributed by atoms with Gasteiger partial charge in [-0.25, -0.2) is 9.37 Å². The third kappa shape index (κ3) is 2.01. The number of fused-ring (bicyclic) bond motifs is 1. The Balaban J connectivity index is 2.19. The number of imidazole rings is 1. The molecular weight excluding hydrogens is 342 g/mol. The van der Waals surface area contributed by atoms with Crippen LogP contribution in [0.25, 0.3) is 16.9 Å². The third-order valence-electron chi connectivity index (χ3n) is 2.84. The molecule has 2 aromatic heterocycles. The molecule has 0 aliphatic heterocycles. The molecule has 1 aromatic carbocycles. The van der Waals surface area contributed by atoms with Crippen LogP contribution >= 0.6 is 22.6 Å². The van der Waals surface area contributed by atoms with Crippen LogP contribution in [0.1, 0.15) is 5.56 Å². The quantitative estimate of drug-likeness (QED) is 0.604. The summed E-state index contributed by atoms with van der Waals surface area (Å²) in [5, 5.41) is 0. The molecule has 3 rings (SSSR count). The molecule has 0 aliphatic rings. The molecule has 0 saturated heterocycles. The highest BCUT2D eigenvalue weighted by atomic mass is 127. The van der Waals surface area contributed by atoms with Gasteiger partial charge in [0, 0.05) is 21.5 Å². The van der Waals surface area contributed by atoms with Crippen LogP contribution in [0.4, 0.5) is 4.39 Å². The Kier molecular flexibility index (Phi) is 2.81. The predicted molar refractivity (Wildman–Crippen MR) is 78.0 cm³/mol. The maximum absolute atomic E-state index is 12.9. The largest absolute Gasteiger partial charge is 0.305 e. The van der Waals surface area contributed by atoms with E-state index in [1.165, 1.54) is 15.7 Å². The van der Waals surface area contributed by atoms with Gasteiger partial charge in [-0.3, -0.25) is 0 Å². The molecule has 0 spiro atoms. The van der Waals surface area contributed by atoms with Gasteiger partial charge in [-0.1, -0.05) is 0 Å². The Morgan fingerprint density at radius 1 is 1.17 bits per heavy atom. The number of pyridine rings is 1. The molecule has 3 aromatic rings. The molecule has 90 valence electrons. The van der Waals surface area contributed by atoms with Crippen LogP contribution in [0.15, 0.2) is 42.7 Å². The molecule has 0 atom stereocenters. The van der Waals surface area contributed by atoms with Crippen LogP contribution in [0, 0.1) is 16.3 Å². The highest BCUT2D eigenvalue weighted by molar-refractivity contribution is 14.1. The van der Waals surface area contributed by atoms with Gasteiger partial charge in [-0.2, -0.15) is 0 Å². The zero-order chi connectivity index (χ0) is 12.7. The number of hydrogen-bond donors (Lipinski definition) is 0. The summed E-state index contributed by atoms with van der Waals surface area (Å²) in [6.07, 6.45) is 4.00. The van der Waals surface area contributed by atoms with Crippen molar-refractivity contribution < 1.29 is 4.39 Å². The zero-order valence-corrected chi connectivity index (χ0v) is 11.8. The topological polar surface area (TPSA) is 17.3 Å². The van der Waals surface area contributed by atoms with E-state index in [4.69, 9.17) is 0 Å². The molecule has 0 fully saturated rings. The smallest absolute Gasteiger partial charge is 0.140 e. The maximum Gasteiger partial charge on any atom is 0.140 e. The van der Waals surface area contributed by atoms with Gasteiger partial charge in [-0.15, -0.1) is 0 Å². The normalized spacial score (nSPS) is 11.1. The van der Waals surface area contributed by atoms with Crippen LogP contribution in [-0.2, 0) is 0 Å². The number of halogens is 2. The summed E-state index contributed by atoms with van der Waals surface area (Å²) in [7, 11) is 0. The fourth-order valence-electron chi connectivity index (χ4n) is 1.99. The van der Waals surface area contributed by atoms with Gasteiger partial charge >= 0.3 is 0 Å². The van der Waals surface area contributed by atoms with Crippen molar-refractivity contribution in [3.05, 3.63) is 57.7 Å². The Bertz CT molecular complexity index is 716. The third-order valence-corrected chi connectivity index (χ3v) is 3.43. The molecule has 0 amide bonds. The molecule has 0 saturated carbocycles. The lowest BCUT2D eigenvalue weighted by Gasteiger charge is -1.97. The van der Waals surface area contributed by atoms with E-state index in [0.29, 0.717) is 0 Å². The molecule has 0 bridgehead atoms. The van der Waals surface area contributed by atoms with Crippen molar-refractivity contribution in [1.82, 2.24) is 9.38 Å². The molecule has 2 nitrogen and oxygen atoms in total. The fraction of sp³-hybridized carbons (Fsp3) is 0.0714. The molecular formula is C14H10FIN2. The van der Waals surface area contributed by atoms with Gasteiger partial charge < -0.3 is 4.40 Å². The Hall–Kier alpha value is -1.43. The zero-order valence-electron chi connectivity index (χ0n) is 9.69. The van der Waals surface area contributed by atoms with Gasteiger partial charge in [0.2, 0.25) is 0 Å². The SMILES string of the molecule is Cc1cc(I)cn2cc(-c3ccc(F)cc3)nc12. The number of nitrogens with zero attached hydrogens (tertiary/aromatic N) is 2. The van der Waals surface area contributed by atoms with Gasteiger partial charge in [-0.05, 0) is 65.4 Å². The average molecular weight is 352 g/mol. The van der Waals surface area contributed by atoms with Crippen molar-refractivity contribution in [3.63, 3.8) is 0 Å². The number of benzene rings is 1. The van der Waals surface area contributed by atoms with Crippen molar-refractivity contribution in [3.8, 4) is 11.3 Å². The summed E-state index contributed by atoms with van der Waals surface area (Å²) in [5.41, 5.74) is 3.86.